The molecule has 3 heterocycles. The molecular weight excluding hydrogens is 322 g/mol. The van der Waals surface area contributed by atoms with Gasteiger partial charge in [-0.1, -0.05) is 18.2 Å². The van der Waals surface area contributed by atoms with Crippen molar-refractivity contribution in [1.82, 2.24) is 14.9 Å². The second-order valence-electron chi connectivity index (χ2n) is 5.93. The fraction of sp³-hybridized carbons (Fsp3) is 0.333. The van der Waals surface area contributed by atoms with Crippen molar-refractivity contribution in [2.24, 2.45) is 0 Å². The largest absolute Gasteiger partial charge is 0.376 e. The Hall–Kier alpha value is -2.18. The number of hydrogen-bond acceptors (Lipinski definition) is 4. The van der Waals surface area contributed by atoms with E-state index in [0.29, 0.717) is 6.54 Å². The Balaban J connectivity index is 1.57. The third-order valence-corrected chi connectivity index (χ3v) is 5.11. The molecule has 5 nitrogen and oxygen atoms in total. The van der Waals surface area contributed by atoms with Crippen LogP contribution in [0.2, 0.25) is 0 Å². The van der Waals surface area contributed by atoms with Gasteiger partial charge in [0.25, 0.3) is 0 Å². The van der Waals surface area contributed by atoms with Crippen LogP contribution in [-0.2, 0) is 16.1 Å². The van der Waals surface area contributed by atoms with Crippen molar-refractivity contribution in [3.8, 4) is 10.7 Å². The number of fused-ring (bicyclic) bond motifs is 1. The van der Waals surface area contributed by atoms with Gasteiger partial charge in [0.2, 0.25) is 5.91 Å². The number of thiophene rings is 1. The monoisotopic (exact) mass is 341 g/mol. The van der Waals surface area contributed by atoms with Crippen molar-refractivity contribution >= 4 is 28.3 Å². The lowest BCUT2D eigenvalue weighted by Gasteiger charge is -2.12. The van der Waals surface area contributed by atoms with Crippen molar-refractivity contribution < 1.29 is 9.53 Å². The Kier molecular flexibility index (Phi) is 4.32. The minimum atomic E-state index is -0.00791. The zero-order valence-corrected chi connectivity index (χ0v) is 14.1. The number of ether oxygens (including phenoxy) is 1. The van der Waals surface area contributed by atoms with Gasteiger partial charge >= 0.3 is 0 Å². The summed E-state index contributed by atoms with van der Waals surface area (Å²) in [5.41, 5.74) is 1.89. The Morgan fingerprint density at radius 1 is 1.33 bits per heavy atom. The number of carbonyl (C=O) groups excluding carboxylic acids is 1. The maximum Gasteiger partial charge on any atom is 0.240 e. The Morgan fingerprint density at radius 2 is 2.25 bits per heavy atom. The van der Waals surface area contributed by atoms with E-state index in [1.807, 2.05) is 46.3 Å². The molecule has 1 unspecified atom stereocenters. The van der Waals surface area contributed by atoms with Gasteiger partial charge in [0.1, 0.15) is 6.54 Å². The van der Waals surface area contributed by atoms with Crippen LogP contribution >= 0.6 is 11.3 Å². The van der Waals surface area contributed by atoms with E-state index in [1.165, 1.54) is 0 Å². The highest BCUT2D eigenvalue weighted by Gasteiger charge is 2.18. The molecule has 1 fully saturated rings. The van der Waals surface area contributed by atoms with Crippen LogP contribution in [0.5, 0.6) is 0 Å². The van der Waals surface area contributed by atoms with E-state index in [4.69, 9.17) is 9.72 Å². The van der Waals surface area contributed by atoms with E-state index >= 15 is 0 Å². The van der Waals surface area contributed by atoms with Crippen LogP contribution in [0.15, 0.2) is 41.8 Å². The van der Waals surface area contributed by atoms with Gasteiger partial charge in [0.15, 0.2) is 5.82 Å². The number of benzene rings is 1. The SMILES string of the molecule is O=C(Cn1c(-c2cccs2)nc2ccccc21)NCC1CCCO1. The minimum Gasteiger partial charge on any atom is -0.376 e. The molecule has 124 valence electrons. The van der Waals surface area contributed by atoms with Crippen LogP contribution in [0.25, 0.3) is 21.7 Å². The smallest absolute Gasteiger partial charge is 0.240 e. The van der Waals surface area contributed by atoms with Gasteiger partial charge in [0.05, 0.1) is 22.0 Å². The van der Waals surface area contributed by atoms with Crippen molar-refractivity contribution in [2.75, 3.05) is 13.2 Å². The number of hydrogen-bond donors (Lipinski definition) is 1. The lowest BCUT2D eigenvalue weighted by molar-refractivity contribution is -0.122. The summed E-state index contributed by atoms with van der Waals surface area (Å²) in [6.45, 7) is 1.65. The molecule has 1 N–H and O–H groups in total. The molecule has 6 heteroatoms. The van der Waals surface area contributed by atoms with Gasteiger partial charge in [-0.2, -0.15) is 0 Å². The van der Waals surface area contributed by atoms with Crippen LogP contribution in [-0.4, -0.2) is 34.7 Å². The molecule has 2 aromatic heterocycles. The zero-order chi connectivity index (χ0) is 16.4. The van der Waals surface area contributed by atoms with Crippen LogP contribution in [0.4, 0.5) is 0 Å². The fourth-order valence-electron chi connectivity index (χ4n) is 3.06. The highest BCUT2D eigenvalue weighted by molar-refractivity contribution is 7.13. The summed E-state index contributed by atoms with van der Waals surface area (Å²) in [7, 11) is 0. The number of para-hydroxylation sites is 2. The summed E-state index contributed by atoms with van der Waals surface area (Å²) < 4.78 is 7.55. The van der Waals surface area contributed by atoms with Gasteiger partial charge in [-0.25, -0.2) is 4.98 Å². The number of carbonyl (C=O) groups is 1. The van der Waals surface area contributed by atoms with Gasteiger partial charge in [-0.05, 0) is 36.4 Å². The summed E-state index contributed by atoms with van der Waals surface area (Å²) in [6.07, 6.45) is 2.26. The molecule has 0 spiro atoms. The first kappa shape index (κ1) is 15.4. The molecule has 4 rings (SSSR count). The van der Waals surface area contributed by atoms with Crippen LogP contribution in [0, 0.1) is 0 Å². The lowest BCUT2D eigenvalue weighted by Crippen LogP contribution is -2.34. The minimum absolute atomic E-state index is 0.00791. The van der Waals surface area contributed by atoms with Crippen LogP contribution in [0.3, 0.4) is 0 Å². The van der Waals surface area contributed by atoms with Crippen LogP contribution < -0.4 is 5.32 Å². The normalized spacial score (nSPS) is 17.4. The van der Waals surface area contributed by atoms with Crippen molar-refractivity contribution in [3.05, 3.63) is 41.8 Å². The van der Waals surface area contributed by atoms with Crippen molar-refractivity contribution in [1.29, 1.82) is 0 Å². The summed E-state index contributed by atoms with van der Waals surface area (Å²) >= 11 is 1.63. The molecule has 1 amide bonds. The topological polar surface area (TPSA) is 56.2 Å². The zero-order valence-electron chi connectivity index (χ0n) is 13.3. The first-order valence-electron chi connectivity index (χ1n) is 8.19. The van der Waals surface area contributed by atoms with Gasteiger partial charge in [-0.3, -0.25) is 4.79 Å². The number of nitrogens with zero attached hydrogens (tertiary/aromatic N) is 2. The maximum absolute atomic E-state index is 12.4. The molecule has 1 aliphatic heterocycles. The quantitative estimate of drug-likeness (QED) is 0.776. The standard InChI is InChI=1S/C18H19N3O2S/c22-17(19-11-13-5-3-9-23-13)12-21-15-7-2-1-6-14(15)20-18(21)16-8-4-10-24-16/h1-2,4,6-8,10,13H,3,5,9,11-12H2,(H,19,22). The molecule has 0 saturated carbocycles. The second kappa shape index (κ2) is 6.75. The summed E-state index contributed by atoms with van der Waals surface area (Å²) in [4.78, 5) is 18.2. The predicted molar refractivity (Wildman–Crippen MR) is 95.0 cm³/mol. The molecule has 1 atom stereocenters. The van der Waals surface area contributed by atoms with E-state index in [0.717, 1.165) is 41.2 Å². The Labute approximate surface area is 144 Å². The molecule has 1 saturated heterocycles. The summed E-state index contributed by atoms with van der Waals surface area (Å²) in [6, 6.07) is 12.0. The molecule has 1 aromatic carbocycles. The number of amides is 1. The molecule has 3 aromatic rings. The fourth-order valence-corrected chi connectivity index (χ4v) is 3.78. The summed E-state index contributed by atoms with van der Waals surface area (Å²) in [5.74, 6) is 0.838. The first-order valence-corrected chi connectivity index (χ1v) is 9.06. The number of rotatable bonds is 5. The van der Waals surface area contributed by atoms with E-state index < -0.39 is 0 Å². The van der Waals surface area contributed by atoms with E-state index in [9.17, 15) is 4.79 Å². The highest BCUT2D eigenvalue weighted by atomic mass is 32.1. The van der Waals surface area contributed by atoms with Crippen molar-refractivity contribution in [2.45, 2.75) is 25.5 Å². The van der Waals surface area contributed by atoms with Crippen LogP contribution in [0.1, 0.15) is 12.8 Å². The lowest BCUT2D eigenvalue weighted by atomic mass is 10.2. The van der Waals surface area contributed by atoms with E-state index in [2.05, 4.69) is 5.32 Å². The molecule has 1 aliphatic rings. The van der Waals surface area contributed by atoms with E-state index in [1.54, 1.807) is 11.3 Å². The maximum atomic E-state index is 12.4. The van der Waals surface area contributed by atoms with E-state index in [-0.39, 0.29) is 18.6 Å². The average molecular weight is 341 g/mol. The summed E-state index contributed by atoms with van der Waals surface area (Å²) in [5, 5.41) is 5.02. The van der Waals surface area contributed by atoms with Gasteiger partial charge < -0.3 is 14.6 Å². The molecular formula is C18H19N3O2S. The van der Waals surface area contributed by atoms with Gasteiger partial charge in [-0.15, -0.1) is 11.3 Å². The third-order valence-electron chi connectivity index (χ3n) is 4.25. The molecule has 0 radical (unpaired) electrons. The molecule has 0 aliphatic carbocycles. The number of nitrogens with one attached hydrogen (secondary N) is 1. The predicted octanol–water partition coefficient (Wildman–Crippen LogP) is 3.06. The first-order chi connectivity index (χ1) is 11.8. The molecule has 0 bridgehead atoms. The Morgan fingerprint density at radius 3 is 3.04 bits per heavy atom. The second-order valence-corrected chi connectivity index (χ2v) is 6.87. The third kappa shape index (κ3) is 3.07. The average Bonchev–Trinajstić information content (AvgIpc) is 3.34. The molecule has 24 heavy (non-hydrogen) atoms. The number of imidazole rings is 1. The van der Waals surface area contributed by atoms with Crippen molar-refractivity contribution in [3.63, 3.8) is 0 Å². The number of aromatic nitrogens is 2. The van der Waals surface area contributed by atoms with Gasteiger partial charge in [0, 0.05) is 13.2 Å². The highest BCUT2D eigenvalue weighted by Crippen LogP contribution is 2.28. The Bertz CT molecular complexity index is 835.